The van der Waals surface area contributed by atoms with E-state index in [1.807, 2.05) is 0 Å². The summed E-state index contributed by atoms with van der Waals surface area (Å²) >= 11 is 0. The van der Waals surface area contributed by atoms with E-state index in [2.05, 4.69) is 0 Å². The summed E-state index contributed by atoms with van der Waals surface area (Å²) in [5, 5.41) is 0. The van der Waals surface area contributed by atoms with Crippen LogP contribution in [0.15, 0.2) is 0 Å². The zero-order valence-corrected chi connectivity index (χ0v) is 11.5. The van der Waals surface area contributed by atoms with E-state index >= 15 is 0 Å². The summed E-state index contributed by atoms with van der Waals surface area (Å²) in [4.78, 5) is 12.1. The molecule has 3 nitrogen and oxygen atoms in total. The summed E-state index contributed by atoms with van der Waals surface area (Å²) in [7, 11) is 0. The number of Topliss-reactive ketones (excluding diaryl/α,β-unsaturated/α-hetero) is 1. The van der Waals surface area contributed by atoms with Crippen LogP contribution in [0.4, 0.5) is 0 Å². The first-order chi connectivity index (χ1) is 8.74. The van der Waals surface area contributed by atoms with Crippen LogP contribution in [0.1, 0.15) is 64.2 Å². The molecule has 1 saturated heterocycles. The van der Waals surface area contributed by atoms with Crippen molar-refractivity contribution in [3.63, 3.8) is 0 Å². The van der Waals surface area contributed by atoms with Crippen molar-refractivity contribution in [1.82, 2.24) is 0 Å². The largest absolute Gasteiger partial charge is 0.378 e. The molecule has 2 rings (SSSR count). The Balaban J connectivity index is 1.74. The average molecular weight is 253 g/mol. The van der Waals surface area contributed by atoms with Gasteiger partial charge in [-0.25, -0.2) is 0 Å². The number of ether oxygens (including phenoxy) is 1. The van der Waals surface area contributed by atoms with Crippen molar-refractivity contribution < 1.29 is 9.53 Å². The number of nitrogens with two attached hydrogens (primary N) is 1. The van der Waals surface area contributed by atoms with Crippen LogP contribution in [0.25, 0.3) is 0 Å². The van der Waals surface area contributed by atoms with Gasteiger partial charge in [0.25, 0.3) is 0 Å². The molecule has 2 N–H and O–H groups in total. The van der Waals surface area contributed by atoms with Crippen molar-refractivity contribution in [3.8, 4) is 0 Å². The Bertz CT molecular complexity index is 266. The van der Waals surface area contributed by atoms with E-state index in [9.17, 15) is 4.79 Å². The third kappa shape index (κ3) is 3.79. The average Bonchev–Trinajstić information content (AvgIpc) is 2.91. The molecule has 0 radical (unpaired) electrons. The van der Waals surface area contributed by atoms with Crippen LogP contribution in [0.5, 0.6) is 0 Å². The Hall–Kier alpha value is -0.410. The molecular formula is C15H27NO2. The van der Waals surface area contributed by atoms with Gasteiger partial charge in [0.1, 0.15) is 5.78 Å². The van der Waals surface area contributed by atoms with Crippen molar-refractivity contribution in [2.45, 2.75) is 70.3 Å². The number of carbonyl (C=O) groups excluding carboxylic acids is 1. The lowest BCUT2D eigenvalue weighted by molar-refractivity contribution is -0.122. The van der Waals surface area contributed by atoms with Crippen LogP contribution in [0.2, 0.25) is 0 Å². The predicted molar refractivity (Wildman–Crippen MR) is 72.4 cm³/mol. The predicted octanol–water partition coefficient (Wildman–Crippen LogP) is 2.81. The fourth-order valence-corrected chi connectivity index (χ4v) is 3.46. The zero-order valence-electron chi connectivity index (χ0n) is 11.5. The van der Waals surface area contributed by atoms with Crippen molar-refractivity contribution >= 4 is 5.78 Å². The molecule has 2 fully saturated rings. The Morgan fingerprint density at radius 1 is 1.22 bits per heavy atom. The van der Waals surface area contributed by atoms with Crippen molar-refractivity contribution in [1.29, 1.82) is 0 Å². The molecule has 1 heterocycles. The number of ketones is 1. The zero-order chi connectivity index (χ0) is 12.8. The van der Waals surface area contributed by atoms with Gasteiger partial charge in [-0.2, -0.15) is 0 Å². The monoisotopic (exact) mass is 253 g/mol. The summed E-state index contributed by atoms with van der Waals surface area (Å²) in [5.41, 5.74) is 6.06. The van der Waals surface area contributed by atoms with E-state index in [4.69, 9.17) is 10.5 Å². The number of hydrogen-bond acceptors (Lipinski definition) is 3. The van der Waals surface area contributed by atoms with Gasteiger partial charge in [0.05, 0.1) is 6.10 Å². The maximum absolute atomic E-state index is 12.1. The standard InChI is InChI=1S/C15H27NO2/c16-12-15(8-2-1-3-9-15)11-13(17)6-7-14-5-4-10-18-14/h14H,1-12,16H2. The molecule has 104 valence electrons. The molecule has 0 aromatic carbocycles. The molecule has 1 atom stereocenters. The van der Waals surface area contributed by atoms with E-state index in [0.717, 1.165) is 38.7 Å². The van der Waals surface area contributed by atoms with Gasteiger partial charge in [0.15, 0.2) is 0 Å². The van der Waals surface area contributed by atoms with Crippen molar-refractivity contribution in [2.75, 3.05) is 13.2 Å². The van der Waals surface area contributed by atoms with Crippen LogP contribution < -0.4 is 5.73 Å². The van der Waals surface area contributed by atoms with E-state index in [1.54, 1.807) is 0 Å². The molecule has 0 aromatic rings. The van der Waals surface area contributed by atoms with Crippen LogP contribution in [-0.2, 0) is 9.53 Å². The second-order valence-electron chi connectivity index (χ2n) is 6.15. The van der Waals surface area contributed by atoms with E-state index < -0.39 is 0 Å². The van der Waals surface area contributed by atoms with E-state index in [1.165, 1.54) is 19.3 Å². The Morgan fingerprint density at radius 3 is 2.61 bits per heavy atom. The topological polar surface area (TPSA) is 52.3 Å². The highest BCUT2D eigenvalue weighted by atomic mass is 16.5. The number of carbonyl (C=O) groups is 1. The fraction of sp³-hybridized carbons (Fsp3) is 0.933. The Kier molecular flexibility index (Phi) is 5.19. The number of rotatable bonds is 6. The van der Waals surface area contributed by atoms with Gasteiger partial charge in [0, 0.05) is 19.4 Å². The molecule has 18 heavy (non-hydrogen) atoms. The van der Waals surface area contributed by atoms with Crippen LogP contribution in [-0.4, -0.2) is 25.0 Å². The van der Waals surface area contributed by atoms with Crippen molar-refractivity contribution in [2.24, 2.45) is 11.1 Å². The lowest BCUT2D eigenvalue weighted by atomic mass is 9.70. The van der Waals surface area contributed by atoms with E-state index in [0.29, 0.717) is 31.3 Å². The lowest BCUT2D eigenvalue weighted by Gasteiger charge is -2.35. The first-order valence-corrected chi connectivity index (χ1v) is 7.57. The summed E-state index contributed by atoms with van der Waals surface area (Å²) in [6.45, 7) is 1.56. The number of hydrogen-bond donors (Lipinski definition) is 1. The molecule has 1 aliphatic carbocycles. The molecule has 0 bridgehead atoms. The molecular weight excluding hydrogens is 226 g/mol. The normalized spacial score (nSPS) is 27.3. The summed E-state index contributed by atoms with van der Waals surface area (Å²) in [5.74, 6) is 0.401. The van der Waals surface area contributed by atoms with Crippen molar-refractivity contribution in [3.05, 3.63) is 0 Å². The van der Waals surface area contributed by atoms with Crippen LogP contribution in [0.3, 0.4) is 0 Å². The van der Waals surface area contributed by atoms with Gasteiger partial charge in [-0.1, -0.05) is 19.3 Å². The van der Waals surface area contributed by atoms with Gasteiger partial charge in [-0.15, -0.1) is 0 Å². The third-order valence-electron chi connectivity index (χ3n) is 4.69. The molecule has 2 aliphatic rings. The summed E-state index contributed by atoms with van der Waals surface area (Å²) in [6.07, 6.45) is 11.0. The molecule has 1 unspecified atom stereocenters. The SMILES string of the molecule is NCC1(CC(=O)CCC2CCCO2)CCCCC1. The van der Waals surface area contributed by atoms with Crippen LogP contribution >= 0.6 is 0 Å². The van der Waals surface area contributed by atoms with Gasteiger partial charge < -0.3 is 10.5 Å². The Labute approximate surface area is 110 Å². The minimum atomic E-state index is 0.131. The highest BCUT2D eigenvalue weighted by molar-refractivity contribution is 5.79. The second-order valence-corrected chi connectivity index (χ2v) is 6.15. The third-order valence-corrected chi connectivity index (χ3v) is 4.69. The molecule has 1 aliphatic heterocycles. The van der Waals surface area contributed by atoms with Gasteiger partial charge >= 0.3 is 0 Å². The maximum atomic E-state index is 12.1. The Morgan fingerprint density at radius 2 is 2.00 bits per heavy atom. The highest BCUT2D eigenvalue weighted by Crippen LogP contribution is 2.39. The van der Waals surface area contributed by atoms with Gasteiger partial charge in [0.2, 0.25) is 0 Å². The first kappa shape index (κ1) is 14.0. The van der Waals surface area contributed by atoms with Crippen LogP contribution in [0, 0.1) is 5.41 Å². The molecule has 0 spiro atoms. The van der Waals surface area contributed by atoms with Gasteiger partial charge in [-0.05, 0) is 44.1 Å². The summed E-state index contributed by atoms with van der Waals surface area (Å²) < 4.78 is 5.57. The minimum Gasteiger partial charge on any atom is -0.378 e. The molecule has 1 saturated carbocycles. The van der Waals surface area contributed by atoms with Gasteiger partial charge in [-0.3, -0.25) is 4.79 Å². The quantitative estimate of drug-likeness (QED) is 0.792. The smallest absolute Gasteiger partial charge is 0.133 e. The molecule has 0 amide bonds. The fourth-order valence-electron chi connectivity index (χ4n) is 3.46. The minimum absolute atomic E-state index is 0.131. The molecule has 3 heteroatoms. The summed E-state index contributed by atoms with van der Waals surface area (Å²) in [6, 6.07) is 0. The second kappa shape index (κ2) is 6.67. The lowest BCUT2D eigenvalue weighted by Crippen LogP contribution is -2.35. The first-order valence-electron chi connectivity index (χ1n) is 7.57. The van der Waals surface area contributed by atoms with E-state index in [-0.39, 0.29) is 5.41 Å². The maximum Gasteiger partial charge on any atom is 0.133 e. The highest BCUT2D eigenvalue weighted by Gasteiger charge is 2.32. The molecule has 0 aromatic heterocycles.